The van der Waals surface area contributed by atoms with Gasteiger partial charge in [0.25, 0.3) is 5.91 Å². The molecule has 0 spiro atoms. The summed E-state index contributed by atoms with van der Waals surface area (Å²) in [5, 5.41) is 8.04. The molecule has 1 saturated heterocycles. The Morgan fingerprint density at radius 2 is 2.12 bits per heavy atom. The Labute approximate surface area is 203 Å². The zero-order valence-corrected chi connectivity index (χ0v) is 20.0. The minimum atomic E-state index is -0.645. The van der Waals surface area contributed by atoms with Crippen LogP contribution < -0.4 is 11.1 Å². The van der Waals surface area contributed by atoms with E-state index in [1.165, 1.54) is 6.08 Å². The molecule has 1 aromatic carbocycles. The number of benzene rings is 1. The first-order valence-electron chi connectivity index (χ1n) is 9.98. The molecule has 0 saturated carbocycles. The molecule has 172 valence electrons. The Balaban J connectivity index is 0.00000306. The molecule has 3 N–H and O–H groups in total. The summed E-state index contributed by atoms with van der Waals surface area (Å²) in [6, 6.07) is 3.47. The number of carbonyl (C=O) groups excluding carboxylic acids is 2. The fourth-order valence-electron chi connectivity index (χ4n) is 3.90. The van der Waals surface area contributed by atoms with Crippen LogP contribution in [0.3, 0.4) is 0 Å². The zero-order chi connectivity index (χ0) is 23.0. The summed E-state index contributed by atoms with van der Waals surface area (Å²) < 4.78 is 3.55. The summed E-state index contributed by atoms with van der Waals surface area (Å²) in [5.74, 6) is 5.63. The van der Waals surface area contributed by atoms with E-state index < -0.39 is 5.91 Å². The van der Waals surface area contributed by atoms with Crippen molar-refractivity contribution in [1.29, 1.82) is 0 Å². The molecule has 1 fully saturated rings. The van der Waals surface area contributed by atoms with Crippen LogP contribution in [0.5, 0.6) is 0 Å². The van der Waals surface area contributed by atoms with Gasteiger partial charge in [-0.2, -0.15) is 18.6 Å². The topological polar surface area (TPSA) is 111 Å². The lowest BCUT2D eigenvalue weighted by molar-refractivity contribution is -0.125. The number of anilines is 1. The maximum Gasteiger partial charge on any atom is 0.255 e. The number of hydrogen-bond donors (Lipinski definition) is 2. The predicted octanol–water partition coefficient (Wildman–Crippen LogP) is 2.04. The molecule has 3 heterocycles. The number of imidazole rings is 1. The molecule has 0 unspecified atom stereocenters. The van der Waals surface area contributed by atoms with Gasteiger partial charge in [0.2, 0.25) is 5.91 Å². The Kier molecular flexibility index (Phi) is 7.05. The second-order valence-corrected chi connectivity index (χ2v) is 7.90. The van der Waals surface area contributed by atoms with E-state index in [1.54, 1.807) is 35.1 Å². The van der Waals surface area contributed by atoms with Gasteiger partial charge in [-0.05, 0) is 30.6 Å². The van der Waals surface area contributed by atoms with Gasteiger partial charge < -0.3 is 20.5 Å². The third kappa shape index (κ3) is 4.42. The van der Waals surface area contributed by atoms with Gasteiger partial charge in [0.1, 0.15) is 11.4 Å². The highest BCUT2D eigenvalue weighted by atomic mass is 35.5. The summed E-state index contributed by atoms with van der Waals surface area (Å²) in [6.45, 7) is 4.56. The quantitative estimate of drug-likeness (QED) is 0.434. The van der Waals surface area contributed by atoms with E-state index in [0.29, 0.717) is 35.9 Å². The first kappa shape index (κ1) is 24.2. The molecule has 1 aliphatic rings. The SMILES string of the molecule is C=CC(=O)N1CC[C@H](n2nc(C#Cc3cc4ncn(C)c4cc3Cl)c(C(N)=O)c2NC)C1.S. The standard InChI is InChI=1S/C22H22ClN7O2.H2S/c1-4-19(31)29-8-7-14(11-29)30-22(25-2)20(21(24)32)16(27-30)6-5-13-9-17-18(10-15(13)23)28(3)12-26-17;/h4,9-10,12,14,25H,1,7-8,11H2,2-3H3,(H2,24,32);1H2/t14-;/m0./s1. The number of aromatic nitrogens is 4. The molecule has 9 nitrogen and oxygen atoms in total. The average Bonchev–Trinajstić information content (AvgIpc) is 3.48. The van der Waals surface area contributed by atoms with E-state index >= 15 is 0 Å². The summed E-state index contributed by atoms with van der Waals surface area (Å²) >= 11 is 6.41. The lowest BCUT2D eigenvalue weighted by Crippen LogP contribution is -2.27. The number of halogens is 1. The third-order valence-electron chi connectivity index (χ3n) is 5.52. The van der Waals surface area contributed by atoms with Gasteiger partial charge in [0.05, 0.1) is 28.4 Å². The highest BCUT2D eigenvalue weighted by molar-refractivity contribution is 7.59. The van der Waals surface area contributed by atoms with Crippen LogP contribution in [0.1, 0.15) is 34.1 Å². The van der Waals surface area contributed by atoms with E-state index in [1.807, 2.05) is 11.6 Å². The molecule has 0 radical (unpaired) electrons. The number of hydrogen-bond acceptors (Lipinski definition) is 5. The molecule has 0 bridgehead atoms. The normalized spacial score (nSPS) is 15.0. The van der Waals surface area contributed by atoms with Crippen molar-refractivity contribution in [2.75, 3.05) is 25.5 Å². The first-order valence-corrected chi connectivity index (χ1v) is 10.4. The number of primary amides is 1. The second kappa shape index (κ2) is 9.60. The van der Waals surface area contributed by atoms with Crippen molar-refractivity contribution < 1.29 is 9.59 Å². The Morgan fingerprint density at radius 3 is 2.79 bits per heavy atom. The van der Waals surface area contributed by atoms with Crippen LogP contribution in [0.2, 0.25) is 5.02 Å². The van der Waals surface area contributed by atoms with Crippen molar-refractivity contribution in [1.82, 2.24) is 24.2 Å². The molecule has 1 atom stereocenters. The van der Waals surface area contributed by atoms with Crippen molar-refractivity contribution in [3.8, 4) is 11.8 Å². The molecule has 3 aromatic rings. The Morgan fingerprint density at radius 1 is 1.36 bits per heavy atom. The minimum absolute atomic E-state index is 0. The van der Waals surface area contributed by atoms with Gasteiger partial charge in [-0.1, -0.05) is 24.1 Å². The number of nitrogens with two attached hydrogens (primary N) is 1. The third-order valence-corrected chi connectivity index (χ3v) is 5.83. The number of nitrogens with one attached hydrogen (secondary N) is 1. The van der Waals surface area contributed by atoms with Crippen LogP contribution >= 0.6 is 25.1 Å². The molecule has 0 aliphatic carbocycles. The summed E-state index contributed by atoms with van der Waals surface area (Å²) in [4.78, 5) is 30.2. The lowest BCUT2D eigenvalue weighted by atomic mass is 10.1. The number of likely N-dealkylation sites (tertiary alicyclic amines) is 1. The number of rotatable bonds is 4. The van der Waals surface area contributed by atoms with E-state index in [2.05, 4.69) is 33.8 Å². The van der Waals surface area contributed by atoms with E-state index in [9.17, 15) is 9.59 Å². The average molecular weight is 486 g/mol. The van der Waals surface area contributed by atoms with Crippen LogP contribution in [0.4, 0.5) is 5.82 Å². The Bertz CT molecular complexity index is 1320. The van der Waals surface area contributed by atoms with Crippen LogP contribution in [-0.2, 0) is 11.8 Å². The smallest absolute Gasteiger partial charge is 0.255 e. The monoisotopic (exact) mass is 485 g/mol. The molecular formula is C22H24ClN7O2S. The van der Waals surface area contributed by atoms with E-state index in [4.69, 9.17) is 17.3 Å². The predicted molar refractivity (Wildman–Crippen MR) is 133 cm³/mol. The molecule has 4 rings (SSSR count). The summed E-state index contributed by atoms with van der Waals surface area (Å²) in [6.07, 6.45) is 3.67. The molecule has 11 heteroatoms. The summed E-state index contributed by atoms with van der Waals surface area (Å²) in [7, 11) is 3.57. The fraction of sp³-hybridized carbons (Fsp3) is 0.273. The summed E-state index contributed by atoms with van der Waals surface area (Å²) in [5.41, 5.74) is 8.32. The zero-order valence-electron chi connectivity index (χ0n) is 18.2. The molecule has 33 heavy (non-hydrogen) atoms. The fourth-order valence-corrected chi connectivity index (χ4v) is 4.11. The van der Waals surface area contributed by atoms with Gasteiger partial charge in [-0.15, -0.1) is 0 Å². The number of amides is 2. The van der Waals surface area contributed by atoms with Crippen molar-refractivity contribution in [2.24, 2.45) is 12.8 Å². The molecule has 1 aliphatic heterocycles. The van der Waals surface area contributed by atoms with Gasteiger partial charge in [0, 0.05) is 32.7 Å². The van der Waals surface area contributed by atoms with Crippen LogP contribution in [0, 0.1) is 11.8 Å². The van der Waals surface area contributed by atoms with Crippen LogP contribution in [-0.4, -0.2) is 56.2 Å². The maximum atomic E-state index is 12.2. The van der Waals surface area contributed by atoms with Crippen molar-refractivity contribution >= 4 is 53.8 Å². The van der Waals surface area contributed by atoms with E-state index in [0.717, 1.165) is 11.0 Å². The van der Waals surface area contributed by atoms with Crippen LogP contribution in [0.15, 0.2) is 31.1 Å². The van der Waals surface area contributed by atoms with Gasteiger partial charge in [0.15, 0.2) is 5.69 Å². The van der Waals surface area contributed by atoms with Crippen molar-refractivity contribution in [3.63, 3.8) is 0 Å². The molecular weight excluding hydrogens is 462 g/mol. The number of carbonyl (C=O) groups is 2. The molecule has 2 amide bonds. The van der Waals surface area contributed by atoms with Gasteiger partial charge in [-0.25, -0.2) is 9.67 Å². The highest BCUT2D eigenvalue weighted by Crippen LogP contribution is 2.29. The lowest BCUT2D eigenvalue weighted by Gasteiger charge is -2.16. The number of fused-ring (bicyclic) bond motifs is 1. The minimum Gasteiger partial charge on any atom is -0.373 e. The van der Waals surface area contributed by atoms with Crippen LogP contribution in [0.25, 0.3) is 11.0 Å². The van der Waals surface area contributed by atoms with E-state index in [-0.39, 0.29) is 36.7 Å². The molecule has 2 aromatic heterocycles. The number of aryl methyl sites for hydroxylation is 1. The van der Waals surface area contributed by atoms with Gasteiger partial charge in [-0.3, -0.25) is 9.59 Å². The second-order valence-electron chi connectivity index (χ2n) is 7.49. The number of nitrogens with zero attached hydrogens (tertiary/aromatic N) is 5. The first-order chi connectivity index (χ1) is 15.3. The van der Waals surface area contributed by atoms with Crippen molar-refractivity contribution in [3.05, 3.63) is 53.0 Å². The van der Waals surface area contributed by atoms with Gasteiger partial charge >= 0.3 is 0 Å². The van der Waals surface area contributed by atoms with Crippen molar-refractivity contribution in [2.45, 2.75) is 12.5 Å². The Hall–Kier alpha value is -3.42. The largest absolute Gasteiger partial charge is 0.373 e. The highest BCUT2D eigenvalue weighted by Gasteiger charge is 2.31. The maximum absolute atomic E-state index is 12.2.